The molecule has 0 bridgehead atoms. The Balaban J connectivity index is 2.63. The number of rotatable bonds is 1. The van der Waals surface area contributed by atoms with Gasteiger partial charge >= 0.3 is 0 Å². The summed E-state index contributed by atoms with van der Waals surface area (Å²) in [5.74, 6) is 0. The SMILES string of the molecule is OC[C@H]1OC(F)[C@H](O)[C@@H](F)[C@@H]1O. The minimum atomic E-state index is -2.19. The van der Waals surface area contributed by atoms with Crippen LogP contribution in [0.2, 0.25) is 0 Å². The fourth-order valence-electron chi connectivity index (χ4n) is 1.03. The highest BCUT2D eigenvalue weighted by atomic mass is 19.2. The molecule has 1 fully saturated rings. The molecule has 5 atom stereocenters. The van der Waals surface area contributed by atoms with Crippen molar-refractivity contribution in [2.24, 2.45) is 0 Å². The fourth-order valence-corrected chi connectivity index (χ4v) is 1.03. The van der Waals surface area contributed by atoms with Crippen LogP contribution in [0.4, 0.5) is 8.78 Å². The summed E-state index contributed by atoms with van der Waals surface area (Å²) in [6, 6.07) is 0. The van der Waals surface area contributed by atoms with Crippen LogP contribution in [0.25, 0.3) is 0 Å². The molecular formula is C6H10F2O4. The lowest BCUT2D eigenvalue weighted by Crippen LogP contribution is -2.55. The van der Waals surface area contributed by atoms with E-state index in [0.717, 1.165) is 0 Å². The van der Waals surface area contributed by atoms with E-state index < -0.39 is 37.4 Å². The summed E-state index contributed by atoms with van der Waals surface area (Å²) in [6.07, 6.45) is -9.29. The summed E-state index contributed by atoms with van der Waals surface area (Å²) in [4.78, 5) is 0. The Morgan fingerprint density at radius 2 is 1.75 bits per heavy atom. The molecule has 0 spiro atoms. The molecule has 1 saturated heterocycles. The van der Waals surface area contributed by atoms with Crippen LogP contribution in [0.5, 0.6) is 0 Å². The van der Waals surface area contributed by atoms with Crippen LogP contribution < -0.4 is 0 Å². The van der Waals surface area contributed by atoms with Gasteiger partial charge in [-0.25, -0.2) is 8.78 Å². The van der Waals surface area contributed by atoms with Gasteiger partial charge in [-0.15, -0.1) is 0 Å². The maximum Gasteiger partial charge on any atom is 0.228 e. The second-order valence-electron chi connectivity index (χ2n) is 2.63. The van der Waals surface area contributed by atoms with E-state index in [9.17, 15) is 8.78 Å². The number of alkyl halides is 2. The van der Waals surface area contributed by atoms with Crippen LogP contribution in [0.15, 0.2) is 0 Å². The second kappa shape index (κ2) is 3.61. The molecule has 0 aromatic rings. The molecule has 1 aliphatic heterocycles. The van der Waals surface area contributed by atoms with Crippen molar-refractivity contribution in [3.63, 3.8) is 0 Å². The van der Waals surface area contributed by atoms with Crippen molar-refractivity contribution in [3.8, 4) is 0 Å². The molecule has 0 saturated carbocycles. The van der Waals surface area contributed by atoms with Crippen molar-refractivity contribution in [2.45, 2.75) is 30.8 Å². The topological polar surface area (TPSA) is 69.9 Å². The lowest BCUT2D eigenvalue weighted by Gasteiger charge is -2.35. The number of hydrogen-bond donors (Lipinski definition) is 3. The molecule has 12 heavy (non-hydrogen) atoms. The third-order valence-corrected chi connectivity index (χ3v) is 1.79. The zero-order valence-corrected chi connectivity index (χ0v) is 6.10. The highest BCUT2D eigenvalue weighted by molar-refractivity contribution is 4.88. The first kappa shape index (κ1) is 9.79. The molecule has 1 rings (SSSR count). The third-order valence-electron chi connectivity index (χ3n) is 1.79. The number of aliphatic hydroxyl groups excluding tert-OH is 3. The van der Waals surface area contributed by atoms with Gasteiger partial charge in [-0.2, -0.15) is 0 Å². The van der Waals surface area contributed by atoms with E-state index >= 15 is 0 Å². The van der Waals surface area contributed by atoms with Gasteiger partial charge in [-0.3, -0.25) is 0 Å². The van der Waals surface area contributed by atoms with E-state index in [1.807, 2.05) is 0 Å². The largest absolute Gasteiger partial charge is 0.394 e. The molecule has 72 valence electrons. The van der Waals surface area contributed by atoms with Crippen molar-refractivity contribution >= 4 is 0 Å². The molecule has 0 amide bonds. The summed E-state index contributed by atoms with van der Waals surface area (Å²) in [5, 5.41) is 26.1. The fraction of sp³-hybridized carbons (Fsp3) is 1.00. The maximum absolute atomic E-state index is 12.7. The van der Waals surface area contributed by atoms with E-state index in [0.29, 0.717) is 0 Å². The van der Waals surface area contributed by atoms with Crippen LogP contribution in [0.1, 0.15) is 0 Å². The van der Waals surface area contributed by atoms with Gasteiger partial charge in [0.1, 0.15) is 18.3 Å². The van der Waals surface area contributed by atoms with Crippen LogP contribution >= 0.6 is 0 Å². The minimum Gasteiger partial charge on any atom is -0.394 e. The Bertz CT molecular complexity index is 152. The average molecular weight is 184 g/mol. The summed E-state index contributed by atoms with van der Waals surface area (Å²) >= 11 is 0. The first-order chi connectivity index (χ1) is 5.57. The smallest absolute Gasteiger partial charge is 0.228 e. The quantitative estimate of drug-likeness (QED) is 0.475. The molecule has 0 aromatic heterocycles. The Morgan fingerprint density at radius 3 is 2.25 bits per heavy atom. The summed E-state index contributed by atoms with van der Waals surface area (Å²) < 4.78 is 29.5. The first-order valence-corrected chi connectivity index (χ1v) is 3.48. The predicted molar refractivity (Wildman–Crippen MR) is 33.8 cm³/mol. The van der Waals surface area contributed by atoms with Crippen molar-refractivity contribution < 1.29 is 28.8 Å². The van der Waals surface area contributed by atoms with E-state index in [4.69, 9.17) is 15.3 Å². The molecule has 6 heteroatoms. The molecule has 1 heterocycles. The Hall–Kier alpha value is -0.300. The van der Waals surface area contributed by atoms with Crippen LogP contribution in [-0.4, -0.2) is 52.8 Å². The number of ether oxygens (including phenoxy) is 1. The molecule has 0 aliphatic carbocycles. The Morgan fingerprint density at radius 1 is 1.17 bits per heavy atom. The predicted octanol–water partition coefficient (Wildman–Crippen LogP) is -1.27. The van der Waals surface area contributed by atoms with Crippen molar-refractivity contribution in [2.75, 3.05) is 6.61 Å². The lowest BCUT2D eigenvalue weighted by molar-refractivity contribution is -0.249. The van der Waals surface area contributed by atoms with Crippen LogP contribution in [0, 0.1) is 0 Å². The minimum absolute atomic E-state index is 0.686. The molecule has 0 aromatic carbocycles. The first-order valence-electron chi connectivity index (χ1n) is 3.48. The standard InChI is InChI=1S/C6H10F2O4/c7-3-4(10)2(1-9)12-6(8)5(3)11/h2-6,9-11H,1H2/t2-,3+,4-,5-,6?/m1/s1. The van der Waals surface area contributed by atoms with E-state index in [-0.39, 0.29) is 0 Å². The van der Waals surface area contributed by atoms with Gasteiger partial charge in [0.05, 0.1) is 6.61 Å². The maximum atomic E-state index is 12.7. The highest BCUT2D eigenvalue weighted by Gasteiger charge is 2.44. The zero-order valence-electron chi connectivity index (χ0n) is 6.10. The van der Waals surface area contributed by atoms with Crippen molar-refractivity contribution in [1.29, 1.82) is 0 Å². The van der Waals surface area contributed by atoms with Gasteiger partial charge in [0.2, 0.25) is 6.36 Å². The van der Waals surface area contributed by atoms with Gasteiger partial charge < -0.3 is 20.1 Å². The third kappa shape index (κ3) is 1.56. The monoisotopic (exact) mass is 184 g/mol. The van der Waals surface area contributed by atoms with Gasteiger partial charge in [-0.1, -0.05) is 0 Å². The van der Waals surface area contributed by atoms with E-state index in [1.54, 1.807) is 0 Å². The van der Waals surface area contributed by atoms with E-state index in [1.165, 1.54) is 0 Å². The lowest BCUT2D eigenvalue weighted by atomic mass is 10.0. The molecule has 1 aliphatic rings. The zero-order chi connectivity index (χ0) is 9.30. The molecule has 3 N–H and O–H groups in total. The second-order valence-corrected chi connectivity index (χ2v) is 2.63. The number of aliphatic hydroxyl groups is 3. The summed E-state index contributed by atoms with van der Waals surface area (Å²) in [7, 11) is 0. The Kier molecular flexibility index (Phi) is 2.94. The van der Waals surface area contributed by atoms with Gasteiger partial charge in [-0.05, 0) is 0 Å². The average Bonchev–Trinajstić information content (AvgIpc) is 2.08. The van der Waals surface area contributed by atoms with Crippen molar-refractivity contribution in [3.05, 3.63) is 0 Å². The molecule has 0 radical (unpaired) electrons. The van der Waals surface area contributed by atoms with E-state index in [2.05, 4.69) is 4.74 Å². The highest BCUT2D eigenvalue weighted by Crippen LogP contribution is 2.23. The van der Waals surface area contributed by atoms with Crippen LogP contribution in [0.3, 0.4) is 0 Å². The Labute approximate surface area is 67.4 Å². The number of hydrogen-bond acceptors (Lipinski definition) is 4. The molecule has 1 unspecified atom stereocenters. The normalized spacial score (nSPS) is 49.2. The van der Waals surface area contributed by atoms with Crippen LogP contribution in [-0.2, 0) is 4.74 Å². The van der Waals surface area contributed by atoms with Gasteiger partial charge in [0, 0.05) is 0 Å². The van der Waals surface area contributed by atoms with Gasteiger partial charge in [0.25, 0.3) is 0 Å². The number of halogens is 2. The van der Waals surface area contributed by atoms with Gasteiger partial charge in [0.15, 0.2) is 6.17 Å². The summed E-state index contributed by atoms with van der Waals surface area (Å²) in [5.41, 5.74) is 0. The molecular weight excluding hydrogens is 174 g/mol. The van der Waals surface area contributed by atoms with Crippen molar-refractivity contribution in [1.82, 2.24) is 0 Å². The summed E-state index contributed by atoms with van der Waals surface area (Å²) in [6.45, 7) is -0.686. The molecule has 4 nitrogen and oxygen atoms in total.